The topological polar surface area (TPSA) is 24.9 Å². The Morgan fingerprint density at radius 3 is 2.74 bits per heavy atom. The molecule has 1 N–H and O–H groups in total. The molecule has 0 bridgehead atoms. The van der Waals surface area contributed by atoms with E-state index in [1.807, 2.05) is 6.07 Å². The Hall–Kier alpha value is -0.780. The molecule has 0 saturated heterocycles. The van der Waals surface area contributed by atoms with E-state index in [2.05, 4.69) is 40.1 Å². The van der Waals surface area contributed by atoms with Gasteiger partial charge in [-0.3, -0.25) is 0 Å². The van der Waals surface area contributed by atoms with Crippen LogP contribution in [0.25, 0.3) is 10.6 Å². The summed E-state index contributed by atoms with van der Waals surface area (Å²) in [6, 6.07) is 4.88. The zero-order valence-electron chi connectivity index (χ0n) is 11.0. The van der Waals surface area contributed by atoms with Crippen molar-refractivity contribution in [1.29, 1.82) is 0 Å². The summed E-state index contributed by atoms with van der Waals surface area (Å²) < 4.78 is 14.2. The Balaban J connectivity index is 2.36. The molecule has 0 unspecified atom stereocenters. The van der Waals surface area contributed by atoms with Gasteiger partial charge in [-0.1, -0.05) is 29.8 Å². The molecule has 0 aliphatic heterocycles. The van der Waals surface area contributed by atoms with Crippen LogP contribution < -0.4 is 5.32 Å². The third kappa shape index (κ3) is 3.61. The largest absolute Gasteiger partial charge is 0.312 e. The quantitative estimate of drug-likeness (QED) is 0.871. The van der Waals surface area contributed by atoms with Crippen LogP contribution in [0.1, 0.15) is 24.4 Å². The normalized spacial score (nSPS) is 10.9. The molecule has 0 aliphatic carbocycles. The molecule has 1 heterocycles. The minimum Gasteiger partial charge on any atom is -0.312 e. The summed E-state index contributed by atoms with van der Waals surface area (Å²) in [6.45, 7) is 5.93. The number of aromatic nitrogens is 1. The molecule has 0 radical (unpaired) electrons. The van der Waals surface area contributed by atoms with Crippen molar-refractivity contribution in [2.75, 3.05) is 6.54 Å². The highest BCUT2D eigenvalue weighted by Gasteiger charge is 2.12. The van der Waals surface area contributed by atoms with Crippen molar-refractivity contribution in [3.63, 3.8) is 0 Å². The van der Waals surface area contributed by atoms with Crippen molar-refractivity contribution in [2.24, 2.45) is 0 Å². The van der Waals surface area contributed by atoms with E-state index in [0.29, 0.717) is 0 Å². The fourth-order valence-corrected chi connectivity index (χ4v) is 3.41. The fraction of sp³-hybridized carbons (Fsp3) is 0.357. The van der Waals surface area contributed by atoms with Gasteiger partial charge >= 0.3 is 0 Å². The van der Waals surface area contributed by atoms with E-state index in [9.17, 15) is 4.39 Å². The predicted molar refractivity (Wildman–Crippen MR) is 82.0 cm³/mol. The summed E-state index contributed by atoms with van der Waals surface area (Å²) in [5.41, 5.74) is 1.93. The first-order chi connectivity index (χ1) is 9.13. The van der Waals surface area contributed by atoms with Gasteiger partial charge in [0.25, 0.3) is 0 Å². The number of rotatable bonds is 5. The Morgan fingerprint density at radius 2 is 2.11 bits per heavy atom. The number of benzene rings is 1. The monoisotopic (exact) mass is 342 g/mol. The van der Waals surface area contributed by atoms with E-state index < -0.39 is 0 Å². The third-order valence-corrected chi connectivity index (χ3v) is 4.36. The smallest absolute Gasteiger partial charge is 0.125 e. The number of nitrogens with zero attached hydrogens (tertiary/aromatic N) is 1. The first-order valence-corrected chi connectivity index (χ1v) is 7.90. The van der Waals surface area contributed by atoms with Crippen molar-refractivity contribution in [1.82, 2.24) is 10.3 Å². The molecule has 19 heavy (non-hydrogen) atoms. The minimum atomic E-state index is -0.245. The van der Waals surface area contributed by atoms with Gasteiger partial charge in [-0.15, -0.1) is 11.3 Å². The molecule has 2 nitrogen and oxygen atoms in total. The second kappa shape index (κ2) is 6.59. The predicted octanol–water partition coefficient (Wildman–Crippen LogP) is 4.38. The van der Waals surface area contributed by atoms with Crippen molar-refractivity contribution in [3.05, 3.63) is 39.1 Å². The molecular weight excluding hydrogens is 327 g/mol. The summed E-state index contributed by atoms with van der Waals surface area (Å²) in [6.07, 6.45) is 0.897. The van der Waals surface area contributed by atoms with E-state index >= 15 is 0 Å². The molecule has 102 valence electrons. The summed E-state index contributed by atoms with van der Waals surface area (Å²) >= 11 is 4.95. The molecule has 0 fully saturated rings. The molecule has 1 aromatic carbocycles. The molecule has 2 aromatic rings. The van der Waals surface area contributed by atoms with Crippen molar-refractivity contribution < 1.29 is 4.39 Å². The zero-order chi connectivity index (χ0) is 13.8. The third-order valence-electron chi connectivity index (χ3n) is 2.76. The van der Waals surface area contributed by atoms with Crippen LogP contribution in [0.15, 0.2) is 22.7 Å². The van der Waals surface area contributed by atoms with Gasteiger partial charge in [0.05, 0.1) is 5.69 Å². The molecular formula is C14H16BrFN2S. The maximum Gasteiger partial charge on any atom is 0.125 e. The molecule has 0 aliphatic rings. The number of hydrogen-bond acceptors (Lipinski definition) is 3. The summed E-state index contributed by atoms with van der Waals surface area (Å²) in [7, 11) is 0. The number of nitrogens with one attached hydrogen (secondary N) is 1. The van der Waals surface area contributed by atoms with Gasteiger partial charge < -0.3 is 5.32 Å². The number of aryl methyl sites for hydroxylation is 1. The molecule has 0 atom stereocenters. The van der Waals surface area contributed by atoms with Crippen molar-refractivity contribution in [2.45, 2.75) is 26.8 Å². The van der Waals surface area contributed by atoms with Crippen LogP contribution in [-0.4, -0.2) is 11.5 Å². The Labute approximate surface area is 125 Å². The summed E-state index contributed by atoms with van der Waals surface area (Å²) in [5.74, 6) is -0.245. The molecule has 2 rings (SSSR count). The Kier molecular flexibility index (Phi) is 5.07. The number of thiazole rings is 1. The number of halogens is 2. The second-order valence-electron chi connectivity index (χ2n) is 4.18. The Morgan fingerprint density at radius 1 is 1.32 bits per heavy atom. The maximum atomic E-state index is 13.4. The average Bonchev–Trinajstić information content (AvgIpc) is 2.78. The molecule has 0 saturated carbocycles. The fourth-order valence-electron chi connectivity index (χ4n) is 1.84. The molecule has 0 amide bonds. The molecule has 5 heteroatoms. The van der Waals surface area contributed by atoms with Gasteiger partial charge in [0.2, 0.25) is 0 Å². The van der Waals surface area contributed by atoms with Crippen LogP contribution in [0.2, 0.25) is 0 Å². The highest BCUT2D eigenvalue weighted by atomic mass is 79.9. The first-order valence-electron chi connectivity index (χ1n) is 6.29. The lowest BCUT2D eigenvalue weighted by Gasteiger charge is -1.99. The van der Waals surface area contributed by atoms with Gasteiger partial charge in [0.15, 0.2) is 0 Å². The van der Waals surface area contributed by atoms with Gasteiger partial charge in [0.1, 0.15) is 10.8 Å². The van der Waals surface area contributed by atoms with Gasteiger partial charge in [-0.05, 0) is 31.2 Å². The van der Waals surface area contributed by atoms with Crippen LogP contribution >= 0.6 is 27.3 Å². The number of hydrogen-bond donors (Lipinski definition) is 1. The lowest BCUT2D eigenvalue weighted by Crippen LogP contribution is -2.11. The lowest BCUT2D eigenvalue weighted by atomic mass is 10.2. The second-order valence-corrected chi connectivity index (χ2v) is 6.18. The zero-order valence-corrected chi connectivity index (χ0v) is 13.4. The van der Waals surface area contributed by atoms with Crippen molar-refractivity contribution in [3.8, 4) is 10.6 Å². The first kappa shape index (κ1) is 14.6. The van der Waals surface area contributed by atoms with Gasteiger partial charge in [-0.2, -0.15) is 0 Å². The van der Waals surface area contributed by atoms with Gasteiger partial charge in [-0.25, -0.2) is 9.37 Å². The highest BCUT2D eigenvalue weighted by molar-refractivity contribution is 9.10. The van der Waals surface area contributed by atoms with Crippen LogP contribution in [0.4, 0.5) is 4.39 Å². The van der Waals surface area contributed by atoms with Crippen LogP contribution in [0, 0.1) is 5.82 Å². The standard InChI is InChI=1S/C14H16BrFN2S/c1-3-12-13(8-17-4-2)19-14(18-12)9-5-10(15)7-11(16)6-9/h5-7,17H,3-4,8H2,1-2H3. The highest BCUT2D eigenvalue weighted by Crippen LogP contribution is 2.30. The lowest BCUT2D eigenvalue weighted by molar-refractivity contribution is 0.627. The van der Waals surface area contributed by atoms with E-state index in [4.69, 9.17) is 0 Å². The SMILES string of the molecule is CCNCc1sc(-c2cc(F)cc(Br)c2)nc1CC. The van der Waals surface area contributed by atoms with Crippen LogP contribution in [-0.2, 0) is 13.0 Å². The minimum absolute atomic E-state index is 0.245. The maximum absolute atomic E-state index is 13.4. The van der Waals surface area contributed by atoms with Crippen molar-refractivity contribution >= 4 is 27.3 Å². The van der Waals surface area contributed by atoms with Crippen LogP contribution in [0.3, 0.4) is 0 Å². The Bertz CT molecular complexity index is 548. The summed E-state index contributed by atoms with van der Waals surface area (Å²) in [5, 5.41) is 4.19. The summed E-state index contributed by atoms with van der Waals surface area (Å²) in [4.78, 5) is 5.86. The van der Waals surface area contributed by atoms with E-state index in [1.54, 1.807) is 11.3 Å². The molecule has 0 spiro atoms. The van der Waals surface area contributed by atoms with Gasteiger partial charge in [0, 0.05) is 21.5 Å². The van der Waals surface area contributed by atoms with E-state index in [0.717, 1.165) is 40.2 Å². The van der Waals surface area contributed by atoms with Crippen LogP contribution in [0.5, 0.6) is 0 Å². The van der Waals surface area contributed by atoms with E-state index in [-0.39, 0.29) is 5.82 Å². The average molecular weight is 343 g/mol. The van der Waals surface area contributed by atoms with E-state index in [1.165, 1.54) is 17.0 Å². The molecule has 1 aromatic heterocycles.